The Bertz CT molecular complexity index is 716. The van der Waals surface area contributed by atoms with E-state index in [2.05, 4.69) is 10.3 Å². The average molecular weight is 359 g/mol. The minimum Gasteiger partial charge on any atom is -0.458 e. The van der Waals surface area contributed by atoms with E-state index in [4.69, 9.17) is 15.2 Å². The van der Waals surface area contributed by atoms with Gasteiger partial charge in [-0.2, -0.15) is 8.78 Å². The van der Waals surface area contributed by atoms with E-state index in [0.29, 0.717) is 0 Å². The van der Waals surface area contributed by atoms with Crippen molar-refractivity contribution in [3.05, 3.63) is 29.6 Å². The van der Waals surface area contributed by atoms with Gasteiger partial charge in [-0.15, -0.1) is 0 Å². The Hall–Kier alpha value is -2.45. The minimum atomic E-state index is -3.53. The quantitative estimate of drug-likeness (QED) is 0.754. The number of carbonyl (C=O) groups excluding carboxylic acids is 1. The normalized spacial score (nSPS) is 22.6. The van der Waals surface area contributed by atoms with Crippen LogP contribution >= 0.6 is 0 Å². The van der Waals surface area contributed by atoms with E-state index in [1.807, 2.05) is 0 Å². The summed E-state index contributed by atoms with van der Waals surface area (Å²) in [5.74, 6) is -4.42. The maximum absolute atomic E-state index is 14.4. The molecular formula is C16H20F3N3O3. The second-order valence-electron chi connectivity index (χ2n) is 6.85. The van der Waals surface area contributed by atoms with Crippen LogP contribution in [-0.2, 0) is 15.0 Å². The van der Waals surface area contributed by atoms with Crippen molar-refractivity contribution in [3.63, 3.8) is 0 Å². The molecule has 0 saturated heterocycles. The van der Waals surface area contributed by atoms with Crippen LogP contribution in [0.5, 0.6) is 0 Å². The van der Waals surface area contributed by atoms with Crippen molar-refractivity contribution >= 4 is 17.8 Å². The molecule has 1 aromatic rings. The van der Waals surface area contributed by atoms with Crippen LogP contribution in [0.2, 0.25) is 0 Å². The Morgan fingerprint density at radius 2 is 2.04 bits per heavy atom. The molecule has 0 aromatic heterocycles. The maximum Gasteiger partial charge on any atom is 0.415 e. The number of nitrogens with one attached hydrogen (secondary N) is 1. The van der Waals surface area contributed by atoms with Crippen molar-refractivity contribution in [2.45, 2.75) is 44.8 Å². The summed E-state index contributed by atoms with van der Waals surface area (Å²) >= 11 is 0. The van der Waals surface area contributed by atoms with Crippen LogP contribution in [0.15, 0.2) is 23.2 Å². The van der Waals surface area contributed by atoms with Gasteiger partial charge in [0.15, 0.2) is 12.1 Å². The number of benzene rings is 1. The van der Waals surface area contributed by atoms with E-state index < -0.39 is 47.2 Å². The minimum absolute atomic E-state index is 0.108. The monoisotopic (exact) mass is 359 g/mol. The number of ether oxygens (including phenoxy) is 2. The number of aliphatic imine (C=N–C) groups is 1. The highest BCUT2D eigenvalue weighted by atomic mass is 19.3. The van der Waals surface area contributed by atoms with Crippen molar-refractivity contribution in [1.29, 1.82) is 0 Å². The predicted octanol–water partition coefficient (Wildman–Crippen LogP) is 3.17. The highest BCUT2D eigenvalue weighted by molar-refractivity contribution is 5.91. The lowest BCUT2D eigenvalue weighted by atomic mass is 9.85. The number of amides is 1. The fraction of sp³-hybridized carbons (Fsp3) is 0.500. The first-order valence-electron chi connectivity index (χ1n) is 7.50. The number of alkyl carbamates (subject to hydrolysis) is 1. The summed E-state index contributed by atoms with van der Waals surface area (Å²) < 4.78 is 52.9. The second-order valence-corrected chi connectivity index (χ2v) is 6.85. The Kier molecular flexibility index (Phi) is 4.63. The Labute approximate surface area is 143 Å². The SMILES string of the molecule is CC(C)(C)OC(=O)NC1=N[C@](C)(c2cc(N)ccc2F)C(F)(F)CO1. The van der Waals surface area contributed by atoms with Crippen molar-refractivity contribution in [3.8, 4) is 0 Å². The van der Waals surface area contributed by atoms with Crippen LogP contribution in [0.3, 0.4) is 0 Å². The van der Waals surface area contributed by atoms with Gasteiger partial charge in [0, 0.05) is 11.3 Å². The molecule has 1 aliphatic rings. The number of anilines is 1. The van der Waals surface area contributed by atoms with Crippen LogP contribution in [-0.4, -0.2) is 30.2 Å². The molecule has 1 aromatic carbocycles. The van der Waals surface area contributed by atoms with Crippen LogP contribution < -0.4 is 11.1 Å². The molecule has 25 heavy (non-hydrogen) atoms. The van der Waals surface area contributed by atoms with Gasteiger partial charge in [0.1, 0.15) is 11.4 Å². The standard InChI is InChI=1S/C16H20F3N3O3/c1-14(2,3)25-13(23)21-12-22-15(4,16(18,19)8-24-12)10-7-9(20)5-6-11(10)17/h5-7H,8,20H2,1-4H3,(H,21,22,23)/t15-/m1/s1. The molecule has 0 spiro atoms. The Morgan fingerprint density at radius 3 is 2.64 bits per heavy atom. The van der Waals surface area contributed by atoms with Crippen LogP contribution in [0.1, 0.15) is 33.3 Å². The number of amidine groups is 1. The lowest BCUT2D eigenvalue weighted by Crippen LogP contribution is -2.53. The van der Waals surface area contributed by atoms with Gasteiger partial charge in [-0.3, -0.25) is 0 Å². The topological polar surface area (TPSA) is 85.9 Å². The molecule has 6 nitrogen and oxygen atoms in total. The van der Waals surface area contributed by atoms with Crippen molar-refractivity contribution in [2.75, 3.05) is 12.3 Å². The fourth-order valence-corrected chi connectivity index (χ4v) is 2.24. The van der Waals surface area contributed by atoms with Gasteiger partial charge < -0.3 is 15.2 Å². The van der Waals surface area contributed by atoms with E-state index in [-0.39, 0.29) is 5.69 Å². The van der Waals surface area contributed by atoms with Gasteiger partial charge in [0.05, 0.1) is 0 Å². The molecule has 2 rings (SSSR count). The first-order chi connectivity index (χ1) is 11.3. The molecule has 138 valence electrons. The molecule has 0 radical (unpaired) electrons. The highest BCUT2D eigenvalue weighted by Crippen LogP contribution is 2.44. The van der Waals surface area contributed by atoms with E-state index in [1.165, 1.54) is 6.07 Å². The predicted molar refractivity (Wildman–Crippen MR) is 85.9 cm³/mol. The van der Waals surface area contributed by atoms with Gasteiger partial charge >= 0.3 is 12.0 Å². The van der Waals surface area contributed by atoms with E-state index in [1.54, 1.807) is 20.8 Å². The van der Waals surface area contributed by atoms with E-state index >= 15 is 0 Å². The molecular weight excluding hydrogens is 339 g/mol. The molecule has 3 N–H and O–H groups in total. The third-order valence-corrected chi connectivity index (χ3v) is 3.55. The third-order valence-electron chi connectivity index (χ3n) is 3.55. The molecule has 9 heteroatoms. The molecule has 0 fully saturated rings. The van der Waals surface area contributed by atoms with Crippen molar-refractivity contribution in [1.82, 2.24) is 5.32 Å². The molecule has 1 amide bonds. The van der Waals surface area contributed by atoms with Crippen LogP contribution in [0, 0.1) is 5.82 Å². The fourth-order valence-electron chi connectivity index (χ4n) is 2.24. The first kappa shape index (κ1) is 18.9. The number of hydrogen-bond donors (Lipinski definition) is 2. The summed E-state index contributed by atoms with van der Waals surface area (Å²) in [6.45, 7) is 4.86. The molecule has 0 bridgehead atoms. The Morgan fingerprint density at radius 1 is 1.40 bits per heavy atom. The van der Waals surface area contributed by atoms with Crippen molar-refractivity contribution in [2.24, 2.45) is 4.99 Å². The maximum atomic E-state index is 14.4. The van der Waals surface area contributed by atoms with E-state index in [9.17, 15) is 18.0 Å². The van der Waals surface area contributed by atoms with Gasteiger partial charge in [-0.1, -0.05) is 0 Å². The second kappa shape index (κ2) is 6.12. The highest BCUT2D eigenvalue weighted by Gasteiger charge is 2.56. The zero-order chi connectivity index (χ0) is 19.0. The summed E-state index contributed by atoms with van der Waals surface area (Å²) in [5, 5.41) is 2.15. The summed E-state index contributed by atoms with van der Waals surface area (Å²) in [7, 11) is 0. The molecule has 1 aliphatic heterocycles. The number of hydrogen-bond acceptors (Lipinski definition) is 5. The lowest BCUT2D eigenvalue weighted by molar-refractivity contribution is -0.118. The van der Waals surface area contributed by atoms with Gasteiger partial charge in [0.25, 0.3) is 6.02 Å². The van der Waals surface area contributed by atoms with Crippen LogP contribution in [0.4, 0.5) is 23.7 Å². The van der Waals surface area contributed by atoms with E-state index in [0.717, 1.165) is 19.1 Å². The van der Waals surface area contributed by atoms with Crippen LogP contribution in [0.25, 0.3) is 0 Å². The number of carbonyl (C=O) groups is 1. The third kappa shape index (κ3) is 3.97. The van der Waals surface area contributed by atoms with Gasteiger partial charge in [-0.25, -0.2) is 19.5 Å². The number of nitrogens with zero attached hydrogens (tertiary/aromatic N) is 1. The molecule has 0 unspecified atom stereocenters. The number of rotatable bonds is 1. The average Bonchev–Trinajstić information content (AvgIpc) is 2.44. The van der Waals surface area contributed by atoms with Crippen molar-refractivity contribution < 1.29 is 27.4 Å². The number of nitrogen functional groups attached to an aromatic ring is 1. The first-order valence-corrected chi connectivity index (χ1v) is 7.50. The summed E-state index contributed by atoms with van der Waals surface area (Å²) in [6.07, 6.45) is -0.924. The molecule has 1 atom stereocenters. The molecule has 1 heterocycles. The number of halogens is 3. The smallest absolute Gasteiger partial charge is 0.415 e. The zero-order valence-electron chi connectivity index (χ0n) is 14.3. The molecule has 0 aliphatic carbocycles. The Balaban J connectivity index is 2.40. The lowest BCUT2D eigenvalue weighted by Gasteiger charge is -2.38. The summed E-state index contributed by atoms with van der Waals surface area (Å²) in [6, 6.07) is 2.84. The number of nitrogens with two attached hydrogens (primary N) is 1. The largest absolute Gasteiger partial charge is 0.458 e. The van der Waals surface area contributed by atoms with Gasteiger partial charge in [-0.05, 0) is 45.9 Å². The summed E-state index contributed by atoms with van der Waals surface area (Å²) in [4.78, 5) is 15.5. The number of alkyl halides is 2. The zero-order valence-corrected chi connectivity index (χ0v) is 14.3. The van der Waals surface area contributed by atoms with Gasteiger partial charge in [0.2, 0.25) is 0 Å². The summed E-state index contributed by atoms with van der Waals surface area (Å²) in [5.41, 5.74) is 2.19. The molecule has 0 saturated carbocycles.